The zero-order valence-electron chi connectivity index (χ0n) is 12.1. The van der Waals surface area contributed by atoms with Crippen molar-refractivity contribution in [3.63, 3.8) is 0 Å². The number of aliphatic hydroxyl groups excluding tert-OH is 1. The largest absolute Gasteiger partial charge is 0.396 e. The number of aliphatic hydroxyl groups is 1. The first-order valence-electron chi connectivity index (χ1n) is 6.99. The van der Waals surface area contributed by atoms with Crippen LogP contribution in [-0.2, 0) is 0 Å². The average Bonchev–Trinajstić information content (AvgIpc) is 2.23. The van der Waals surface area contributed by atoms with Crippen LogP contribution in [0.1, 0.15) is 39.5 Å². The highest BCUT2D eigenvalue weighted by Crippen LogP contribution is 2.35. The van der Waals surface area contributed by atoms with Gasteiger partial charge >= 0.3 is 0 Å². The van der Waals surface area contributed by atoms with Crippen LogP contribution in [0.3, 0.4) is 0 Å². The molecule has 0 aromatic carbocycles. The summed E-state index contributed by atoms with van der Waals surface area (Å²) >= 11 is 0. The minimum absolute atomic E-state index is 0.257. The van der Waals surface area contributed by atoms with Crippen LogP contribution in [0.2, 0.25) is 0 Å². The van der Waals surface area contributed by atoms with Crippen LogP contribution >= 0.6 is 0 Å². The molecule has 0 amide bonds. The Bertz CT molecular complexity index is 214. The Morgan fingerprint density at radius 2 is 2.06 bits per heavy atom. The normalized spacial score (nSPS) is 25.4. The smallest absolute Gasteiger partial charge is 0.0434 e. The molecule has 1 N–H and O–H groups in total. The summed E-state index contributed by atoms with van der Waals surface area (Å²) in [6.45, 7) is 8.61. The van der Waals surface area contributed by atoms with E-state index in [1.165, 1.54) is 32.4 Å². The fraction of sp³-hybridized carbons (Fsp3) is 1.00. The first kappa shape index (κ1) is 14.9. The zero-order valence-corrected chi connectivity index (χ0v) is 12.1. The van der Waals surface area contributed by atoms with Gasteiger partial charge in [0, 0.05) is 12.1 Å². The molecule has 102 valence electrons. The number of hydrogen-bond donors (Lipinski definition) is 1. The summed E-state index contributed by atoms with van der Waals surface area (Å²) in [4.78, 5) is 4.88. The maximum absolute atomic E-state index is 9.16. The summed E-state index contributed by atoms with van der Waals surface area (Å²) in [7, 11) is 4.27. The van der Waals surface area contributed by atoms with Crippen LogP contribution in [0.5, 0.6) is 0 Å². The maximum atomic E-state index is 9.16. The maximum Gasteiger partial charge on any atom is 0.0434 e. The number of nitrogens with zero attached hydrogens (tertiary/aromatic N) is 2. The molecule has 0 aromatic heterocycles. The average molecular weight is 242 g/mol. The molecule has 17 heavy (non-hydrogen) atoms. The molecule has 0 saturated carbocycles. The second kappa shape index (κ2) is 6.72. The molecule has 1 atom stereocenters. The van der Waals surface area contributed by atoms with Crippen molar-refractivity contribution in [1.29, 1.82) is 0 Å². The van der Waals surface area contributed by atoms with E-state index in [9.17, 15) is 0 Å². The first-order valence-corrected chi connectivity index (χ1v) is 6.99. The number of piperidine rings is 1. The molecule has 0 bridgehead atoms. The number of rotatable bonds is 6. The van der Waals surface area contributed by atoms with Crippen molar-refractivity contribution < 1.29 is 5.11 Å². The monoisotopic (exact) mass is 242 g/mol. The molecule has 1 rings (SSSR count). The van der Waals surface area contributed by atoms with Gasteiger partial charge in [0.1, 0.15) is 0 Å². The lowest BCUT2D eigenvalue weighted by Gasteiger charge is -2.48. The highest BCUT2D eigenvalue weighted by atomic mass is 16.3. The van der Waals surface area contributed by atoms with E-state index in [0.29, 0.717) is 12.5 Å². The van der Waals surface area contributed by atoms with Gasteiger partial charge in [-0.15, -0.1) is 0 Å². The standard InChI is InChI=1S/C14H30N2O/c1-14(2)13(8-12-17)7-5-10-16(14)11-6-9-15(3)4/h13,17H,5-12H2,1-4H3. The fourth-order valence-electron chi connectivity index (χ4n) is 3.06. The topological polar surface area (TPSA) is 26.7 Å². The highest BCUT2D eigenvalue weighted by molar-refractivity contribution is 4.92. The summed E-state index contributed by atoms with van der Waals surface area (Å²) in [5.41, 5.74) is 0.257. The summed E-state index contributed by atoms with van der Waals surface area (Å²) in [5, 5.41) is 9.16. The Labute approximate surface area is 107 Å². The molecular formula is C14H30N2O. The van der Waals surface area contributed by atoms with Gasteiger partial charge in [0.25, 0.3) is 0 Å². The van der Waals surface area contributed by atoms with Gasteiger partial charge in [-0.2, -0.15) is 0 Å². The fourth-order valence-corrected chi connectivity index (χ4v) is 3.06. The molecule has 1 aliphatic rings. The van der Waals surface area contributed by atoms with Crippen LogP contribution in [0.25, 0.3) is 0 Å². The van der Waals surface area contributed by atoms with Crippen molar-refractivity contribution in [3.8, 4) is 0 Å². The van der Waals surface area contributed by atoms with Crippen molar-refractivity contribution in [2.45, 2.75) is 45.1 Å². The van der Waals surface area contributed by atoms with E-state index in [0.717, 1.165) is 13.0 Å². The minimum Gasteiger partial charge on any atom is -0.396 e. The molecule has 1 unspecified atom stereocenters. The molecule has 0 radical (unpaired) electrons. The van der Waals surface area contributed by atoms with Gasteiger partial charge < -0.3 is 10.0 Å². The Morgan fingerprint density at radius 3 is 2.65 bits per heavy atom. The van der Waals surface area contributed by atoms with Crippen molar-refractivity contribution in [3.05, 3.63) is 0 Å². The van der Waals surface area contributed by atoms with Crippen LogP contribution in [0.4, 0.5) is 0 Å². The quantitative estimate of drug-likeness (QED) is 0.769. The van der Waals surface area contributed by atoms with Gasteiger partial charge in [-0.05, 0) is 79.2 Å². The molecule has 1 heterocycles. The summed E-state index contributed by atoms with van der Waals surface area (Å²) in [6, 6.07) is 0. The molecule has 3 nitrogen and oxygen atoms in total. The van der Waals surface area contributed by atoms with E-state index >= 15 is 0 Å². The van der Waals surface area contributed by atoms with E-state index in [1.807, 2.05) is 0 Å². The molecule has 1 aliphatic heterocycles. The first-order chi connectivity index (χ1) is 7.98. The van der Waals surface area contributed by atoms with Gasteiger partial charge in [0.15, 0.2) is 0 Å². The molecule has 1 fully saturated rings. The second-order valence-corrected chi connectivity index (χ2v) is 6.15. The van der Waals surface area contributed by atoms with Crippen LogP contribution in [0, 0.1) is 5.92 Å². The predicted molar refractivity (Wildman–Crippen MR) is 73.2 cm³/mol. The highest BCUT2D eigenvalue weighted by Gasteiger charge is 2.37. The van der Waals surface area contributed by atoms with Gasteiger partial charge in [-0.3, -0.25) is 4.90 Å². The lowest BCUT2D eigenvalue weighted by molar-refractivity contribution is 0.00918. The Hall–Kier alpha value is -0.120. The van der Waals surface area contributed by atoms with E-state index in [-0.39, 0.29) is 5.54 Å². The van der Waals surface area contributed by atoms with Gasteiger partial charge in [0.2, 0.25) is 0 Å². The van der Waals surface area contributed by atoms with Crippen LogP contribution in [-0.4, -0.2) is 60.8 Å². The van der Waals surface area contributed by atoms with Crippen LogP contribution in [0.15, 0.2) is 0 Å². The third-order valence-electron chi connectivity index (χ3n) is 4.31. The van der Waals surface area contributed by atoms with E-state index < -0.39 is 0 Å². The van der Waals surface area contributed by atoms with E-state index in [4.69, 9.17) is 5.11 Å². The summed E-state index contributed by atoms with van der Waals surface area (Å²) in [6.07, 6.45) is 4.76. The summed E-state index contributed by atoms with van der Waals surface area (Å²) in [5.74, 6) is 0.653. The Kier molecular flexibility index (Phi) is 5.90. The molecule has 3 heteroatoms. The van der Waals surface area contributed by atoms with E-state index in [2.05, 4.69) is 37.7 Å². The Balaban J connectivity index is 2.46. The SMILES string of the molecule is CN(C)CCCN1CCCC(CCO)C1(C)C. The van der Waals surface area contributed by atoms with Crippen molar-refractivity contribution in [2.24, 2.45) is 5.92 Å². The lowest BCUT2D eigenvalue weighted by atomic mass is 9.77. The third-order valence-corrected chi connectivity index (χ3v) is 4.31. The molecule has 0 aromatic rings. The van der Waals surface area contributed by atoms with Crippen molar-refractivity contribution in [2.75, 3.05) is 40.3 Å². The zero-order chi connectivity index (χ0) is 12.9. The third kappa shape index (κ3) is 4.23. The van der Waals surface area contributed by atoms with E-state index in [1.54, 1.807) is 0 Å². The molecule has 0 aliphatic carbocycles. The van der Waals surface area contributed by atoms with Crippen molar-refractivity contribution >= 4 is 0 Å². The van der Waals surface area contributed by atoms with Gasteiger partial charge in [-0.25, -0.2) is 0 Å². The number of likely N-dealkylation sites (tertiary alicyclic amines) is 1. The van der Waals surface area contributed by atoms with Crippen molar-refractivity contribution in [1.82, 2.24) is 9.80 Å². The van der Waals surface area contributed by atoms with Gasteiger partial charge in [-0.1, -0.05) is 0 Å². The lowest BCUT2D eigenvalue weighted by Crippen LogP contribution is -2.53. The Morgan fingerprint density at radius 1 is 1.35 bits per heavy atom. The predicted octanol–water partition coefficient (Wildman–Crippen LogP) is 1.81. The summed E-state index contributed by atoms with van der Waals surface area (Å²) < 4.78 is 0. The molecule has 1 saturated heterocycles. The molecule has 0 spiro atoms. The van der Waals surface area contributed by atoms with Gasteiger partial charge in [0.05, 0.1) is 0 Å². The number of hydrogen-bond acceptors (Lipinski definition) is 3. The second-order valence-electron chi connectivity index (χ2n) is 6.15. The minimum atomic E-state index is 0.257. The van der Waals surface area contributed by atoms with Crippen LogP contribution < -0.4 is 0 Å². The molecular weight excluding hydrogens is 212 g/mol.